The third-order valence-corrected chi connectivity index (χ3v) is 9.24. The highest BCUT2D eigenvalue weighted by Gasteiger charge is 2.75. The van der Waals surface area contributed by atoms with Gasteiger partial charge in [0.25, 0.3) is 0 Å². The van der Waals surface area contributed by atoms with E-state index in [0.29, 0.717) is 13.1 Å². The lowest BCUT2D eigenvalue weighted by atomic mass is 9.74. The first kappa shape index (κ1) is 28.8. The van der Waals surface area contributed by atoms with Crippen LogP contribution in [0, 0.1) is 23.2 Å². The fraction of sp³-hybridized carbons (Fsp3) is 0.767. The van der Waals surface area contributed by atoms with Gasteiger partial charge in [-0.1, -0.05) is 65.3 Å². The summed E-state index contributed by atoms with van der Waals surface area (Å²) in [4.78, 5) is 48.1. The van der Waals surface area contributed by atoms with Crippen LogP contribution in [0.25, 0.3) is 0 Å². The van der Waals surface area contributed by atoms with Crippen LogP contribution in [-0.4, -0.2) is 93.1 Å². The maximum absolute atomic E-state index is 14.7. The quantitative estimate of drug-likeness (QED) is 0.535. The van der Waals surface area contributed by atoms with E-state index in [9.17, 15) is 19.5 Å². The fourth-order valence-electron chi connectivity index (χ4n) is 7.69. The first-order chi connectivity index (χ1) is 17.5. The number of amides is 3. The molecule has 2 fully saturated rings. The normalized spacial score (nSPS) is 35.2. The zero-order valence-corrected chi connectivity index (χ0v) is 24.7. The second-order valence-electron chi connectivity index (χ2n) is 13.9. The van der Waals surface area contributed by atoms with Gasteiger partial charge in [-0.25, -0.2) is 0 Å². The number of rotatable bonds is 6. The predicted molar refractivity (Wildman–Crippen MR) is 146 cm³/mol. The summed E-state index contributed by atoms with van der Waals surface area (Å²) >= 11 is 0. The molecule has 1 unspecified atom stereocenters. The van der Waals surface area contributed by atoms with Crippen LogP contribution in [0.3, 0.4) is 0 Å². The number of carbonyl (C=O) groups is 3. The van der Waals surface area contributed by atoms with Gasteiger partial charge in [0, 0.05) is 25.7 Å². The number of nitrogens with zero attached hydrogens (tertiary/aromatic N) is 3. The van der Waals surface area contributed by atoms with E-state index in [1.165, 1.54) is 0 Å². The Kier molecular flexibility index (Phi) is 7.18. The molecule has 0 saturated carbocycles. The molecule has 0 aromatic rings. The number of likely N-dealkylation sites (tertiary alicyclic amines) is 1. The van der Waals surface area contributed by atoms with Crippen molar-refractivity contribution in [3.05, 3.63) is 24.3 Å². The Morgan fingerprint density at radius 1 is 1.03 bits per heavy atom. The van der Waals surface area contributed by atoms with E-state index in [1.54, 1.807) is 16.8 Å². The maximum Gasteiger partial charge on any atom is 0.249 e. The minimum Gasteiger partial charge on any atom is -0.394 e. The van der Waals surface area contributed by atoms with Crippen molar-refractivity contribution in [3.63, 3.8) is 0 Å². The SMILES string of the molecule is CC[C@H](C)[C@H](CO)N1C(=O)[C@@H]2[C@H]3C(=O)N(C)CC=C[C@@]3(C)O[C@@]23C=CCN(C(C)(C)CC(C)(C)C)C(=O)C13. The van der Waals surface area contributed by atoms with E-state index in [0.717, 1.165) is 12.8 Å². The van der Waals surface area contributed by atoms with Crippen LogP contribution in [0.1, 0.15) is 68.2 Å². The van der Waals surface area contributed by atoms with Gasteiger partial charge in [-0.15, -0.1) is 0 Å². The van der Waals surface area contributed by atoms with E-state index in [2.05, 4.69) is 34.6 Å². The molecule has 212 valence electrons. The zero-order chi connectivity index (χ0) is 28.4. The summed E-state index contributed by atoms with van der Waals surface area (Å²) in [5, 5.41) is 10.6. The topological polar surface area (TPSA) is 90.4 Å². The average Bonchev–Trinajstić information content (AvgIpc) is 3.07. The van der Waals surface area contributed by atoms with Crippen LogP contribution in [0.2, 0.25) is 0 Å². The number of carbonyl (C=O) groups excluding carboxylic acids is 3. The van der Waals surface area contributed by atoms with Crippen molar-refractivity contribution in [1.82, 2.24) is 14.7 Å². The molecule has 4 heterocycles. The molecule has 4 aliphatic rings. The number of aliphatic hydroxyl groups excluding tert-OH is 1. The summed E-state index contributed by atoms with van der Waals surface area (Å²) in [6.07, 6.45) is 9.12. The van der Waals surface area contributed by atoms with E-state index < -0.39 is 40.7 Å². The molecule has 8 nitrogen and oxygen atoms in total. The molecule has 4 rings (SSSR count). The van der Waals surface area contributed by atoms with Crippen LogP contribution >= 0.6 is 0 Å². The number of hydrogen-bond donors (Lipinski definition) is 1. The predicted octanol–water partition coefficient (Wildman–Crippen LogP) is 3.01. The molecule has 0 aromatic carbocycles. The molecule has 2 saturated heterocycles. The van der Waals surface area contributed by atoms with E-state index in [-0.39, 0.29) is 35.7 Å². The van der Waals surface area contributed by atoms with E-state index in [4.69, 9.17) is 4.74 Å². The zero-order valence-electron chi connectivity index (χ0n) is 24.7. The second kappa shape index (κ2) is 9.47. The van der Waals surface area contributed by atoms with Crippen LogP contribution in [0.5, 0.6) is 0 Å². The summed E-state index contributed by atoms with van der Waals surface area (Å²) < 4.78 is 6.88. The molecular weight excluding hydrogens is 482 g/mol. The molecule has 0 aliphatic carbocycles. The lowest BCUT2D eigenvalue weighted by molar-refractivity contribution is -0.160. The van der Waals surface area contributed by atoms with E-state index in [1.807, 2.05) is 50.0 Å². The van der Waals surface area contributed by atoms with E-state index >= 15 is 0 Å². The molecule has 1 spiro atoms. The highest BCUT2D eigenvalue weighted by molar-refractivity contribution is 6.00. The van der Waals surface area contributed by atoms with Crippen LogP contribution in [0.4, 0.5) is 0 Å². The molecule has 0 bridgehead atoms. The maximum atomic E-state index is 14.7. The molecular formula is C30H47N3O5. The molecule has 0 aromatic heterocycles. The van der Waals surface area contributed by atoms with Crippen molar-refractivity contribution >= 4 is 17.7 Å². The highest BCUT2D eigenvalue weighted by Crippen LogP contribution is 2.58. The summed E-state index contributed by atoms with van der Waals surface area (Å²) in [6.45, 7) is 17.0. The van der Waals surface area contributed by atoms with Gasteiger partial charge < -0.3 is 24.5 Å². The van der Waals surface area contributed by atoms with Crippen molar-refractivity contribution in [2.45, 2.75) is 97.1 Å². The van der Waals surface area contributed by atoms with Gasteiger partial charge >= 0.3 is 0 Å². The van der Waals surface area contributed by atoms with Gasteiger partial charge in [-0.3, -0.25) is 14.4 Å². The highest BCUT2D eigenvalue weighted by atomic mass is 16.5. The summed E-state index contributed by atoms with van der Waals surface area (Å²) in [5.41, 5.74) is -2.86. The lowest BCUT2D eigenvalue weighted by Gasteiger charge is -2.46. The Bertz CT molecular complexity index is 1040. The Hall–Kier alpha value is -2.19. The first-order valence-electron chi connectivity index (χ1n) is 14.1. The molecule has 1 N–H and O–H groups in total. The minimum absolute atomic E-state index is 0.0259. The van der Waals surface area contributed by atoms with Gasteiger partial charge in [0.05, 0.1) is 30.1 Å². The monoisotopic (exact) mass is 529 g/mol. The lowest BCUT2D eigenvalue weighted by Crippen LogP contribution is -2.62. The molecule has 3 amide bonds. The van der Waals surface area contributed by atoms with Gasteiger partial charge in [-0.2, -0.15) is 0 Å². The molecule has 8 heteroatoms. The van der Waals surface area contributed by atoms with Gasteiger partial charge in [0.15, 0.2) is 0 Å². The standard InChI is InChI=1S/C30H47N3O5/c1-10-19(2)20(17-34)33-23-26(37)32(28(6,7)18-27(3,4)5)16-12-14-30(23)22(25(33)36)21-24(35)31(9)15-11-13-29(21,8)38-30/h11-14,19-23,34H,10,15-18H2,1-9H3/t19-,20-,21-,22-,23?,29+,30-/m0/s1. The molecule has 38 heavy (non-hydrogen) atoms. The molecule has 4 aliphatic heterocycles. The van der Waals surface area contributed by atoms with Gasteiger partial charge in [0.1, 0.15) is 11.6 Å². The third kappa shape index (κ3) is 4.32. The van der Waals surface area contributed by atoms with Crippen molar-refractivity contribution in [2.24, 2.45) is 23.2 Å². The fourth-order valence-corrected chi connectivity index (χ4v) is 7.69. The molecule has 0 radical (unpaired) electrons. The van der Waals surface area contributed by atoms with Crippen molar-refractivity contribution < 1.29 is 24.2 Å². The number of fused-ring (bicyclic) bond motifs is 2. The largest absolute Gasteiger partial charge is 0.394 e. The van der Waals surface area contributed by atoms with Crippen molar-refractivity contribution in [2.75, 3.05) is 26.7 Å². The minimum atomic E-state index is -1.31. The Morgan fingerprint density at radius 2 is 1.66 bits per heavy atom. The second-order valence-corrected chi connectivity index (χ2v) is 13.9. The first-order valence-corrected chi connectivity index (χ1v) is 14.1. The number of ether oxygens (including phenoxy) is 1. The average molecular weight is 530 g/mol. The van der Waals surface area contributed by atoms with Crippen LogP contribution in [-0.2, 0) is 19.1 Å². The molecule has 7 atom stereocenters. The Morgan fingerprint density at radius 3 is 2.24 bits per heavy atom. The summed E-state index contributed by atoms with van der Waals surface area (Å²) in [7, 11) is 1.73. The summed E-state index contributed by atoms with van der Waals surface area (Å²) in [5.74, 6) is -2.31. The Labute approximate surface area is 228 Å². The van der Waals surface area contributed by atoms with Crippen LogP contribution in [0.15, 0.2) is 24.3 Å². The van der Waals surface area contributed by atoms with Gasteiger partial charge in [0.2, 0.25) is 17.7 Å². The van der Waals surface area contributed by atoms with Crippen molar-refractivity contribution in [1.29, 1.82) is 0 Å². The Balaban J connectivity index is 1.91. The number of aliphatic hydroxyl groups is 1. The third-order valence-electron chi connectivity index (χ3n) is 9.24. The van der Waals surface area contributed by atoms with Crippen molar-refractivity contribution in [3.8, 4) is 0 Å². The smallest absolute Gasteiger partial charge is 0.249 e. The number of likely N-dealkylation sites (N-methyl/N-ethyl adjacent to an activating group) is 1. The van der Waals surface area contributed by atoms with Crippen LogP contribution < -0.4 is 0 Å². The van der Waals surface area contributed by atoms with Gasteiger partial charge in [-0.05, 0) is 38.5 Å². The number of hydrogen-bond acceptors (Lipinski definition) is 5. The summed E-state index contributed by atoms with van der Waals surface area (Å²) in [6, 6.07) is -1.54.